The van der Waals surface area contributed by atoms with Gasteiger partial charge in [-0.25, -0.2) is 9.97 Å². The van der Waals surface area contributed by atoms with Crippen molar-refractivity contribution in [1.29, 1.82) is 0 Å². The van der Waals surface area contributed by atoms with Gasteiger partial charge in [-0.15, -0.1) is 10.2 Å². The van der Waals surface area contributed by atoms with Crippen LogP contribution in [0.1, 0.15) is 31.5 Å². The fourth-order valence-corrected chi connectivity index (χ4v) is 5.09. The number of hydrogen-bond acceptors (Lipinski definition) is 9. The molecule has 10 nitrogen and oxygen atoms in total. The molecular weight excluding hydrogens is 482 g/mol. The molecule has 3 aromatic heterocycles. The van der Waals surface area contributed by atoms with Crippen molar-refractivity contribution >= 4 is 16.9 Å². The molecule has 38 heavy (non-hydrogen) atoms. The Bertz CT molecular complexity index is 1470. The molecular formula is C28H29N7O3. The van der Waals surface area contributed by atoms with Gasteiger partial charge in [0, 0.05) is 23.6 Å². The van der Waals surface area contributed by atoms with E-state index in [1.807, 2.05) is 54.6 Å². The third kappa shape index (κ3) is 5.08. The van der Waals surface area contributed by atoms with Crippen LogP contribution >= 0.6 is 0 Å². The first-order chi connectivity index (χ1) is 18.8. The minimum atomic E-state index is 0.163. The van der Waals surface area contributed by atoms with Crippen LogP contribution in [0.4, 0.5) is 5.82 Å². The molecule has 1 fully saturated rings. The van der Waals surface area contributed by atoms with Gasteiger partial charge in [-0.3, -0.25) is 0 Å². The van der Waals surface area contributed by atoms with Crippen molar-refractivity contribution in [3.05, 3.63) is 66.7 Å². The Balaban J connectivity index is 1.30. The number of hydrogen-bond donors (Lipinski definition) is 2. The van der Waals surface area contributed by atoms with E-state index in [1.54, 1.807) is 13.4 Å². The predicted octanol–water partition coefficient (Wildman–Crippen LogP) is 5.06. The number of fused-ring (bicyclic) bond motifs is 1. The molecule has 2 atom stereocenters. The minimum Gasteiger partial charge on any atom is -0.497 e. The van der Waals surface area contributed by atoms with Gasteiger partial charge in [-0.05, 0) is 43.4 Å². The van der Waals surface area contributed by atoms with Crippen molar-refractivity contribution < 1.29 is 13.9 Å². The molecule has 0 bridgehead atoms. The first kappa shape index (κ1) is 24.1. The quantitative estimate of drug-likeness (QED) is 0.279. The number of aromatic amines is 1. The summed E-state index contributed by atoms with van der Waals surface area (Å²) in [6, 6.07) is 18.3. The van der Waals surface area contributed by atoms with Crippen LogP contribution in [0.3, 0.4) is 0 Å². The van der Waals surface area contributed by atoms with Gasteiger partial charge >= 0.3 is 0 Å². The fourth-order valence-electron chi connectivity index (χ4n) is 5.09. The predicted molar refractivity (Wildman–Crippen MR) is 143 cm³/mol. The van der Waals surface area contributed by atoms with E-state index in [0.717, 1.165) is 65.1 Å². The van der Waals surface area contributed by atoms with Crippen LogP contribution in [-0.2, 0) is 11.2 Å². The normalized spacial score (nSPS) is 17.5. The number of aromatic nitrogens is 6. The summed E-state index contributed by atoms with van der Waals surface area (Å²) in [5.41, 5.74) is 3.50. The third-order valence-electron chi connectivity index (χ3n) is 6.94. The zero-order valence-corrected chi connectivity index (χ0v) is 21.1. The van der Waals surface area contributed by atoms with Gasteiger partial charge in [0.2, 0.25) is 5.71 Å². The zero-order chi connectivity index (χ0) is 25.7. The Morgan fingerprint density at radius 2 is 1.89 bits per heavy atom. The SMILES string of the molecule is COc1ccc(-c2c(-c3ccccc3)oc3ncnc(NC4CCC[C@H](OCCc5nn[nH]n5)C4)c23)cc1. The number of benzene rings is 2. The van der Waals surface area contributed by atoms with Crippen LogP contribution in [0.2, 0.25) is 0 Å². The molecule has 0 radical (unpaired) electrons. The zero-order valence-electron chi connectivity index (χ0n) is 21.1. The Morgan fingerprint density at radius 3 is 2.68 bits per heavy atom. The summed E-state index contributed by atoms with van der Waals surface area (Å²) >= 11 is 0. The number of ether oxygens (including phenoxy) is 2. The van der Waals surface area contributed by atoms with Crippen molar-refractivity contribution in [2.45, 2.75) is 44.2 Å². The lowest BCUT2D eigenvalue weighted by molar-refractivity contribution is 0.0266. The lowest BCUT2D eigenvalue weighted by atomic mass is 9.92. The number of anilines is 1. The molecule has 2 N–H and O–H groups in total. The molecule has 0 spiro atoms. The van der Waals surface area contributed by atoms with Crippen molar-refractivity contribution in [2.24, 2.45) is 0 Å². The van der Waals surface area contributed by atoms with E-state index in [0.29, 0.717) is 24.6 Å². The van der Waals surface area contributed by atoms with Gasteiger partial charge < -0.3 is 19.2 Å². The smallest absolute Gasteiger partial charge is 0.232 e. The van der Waals surface area contributed by atoms with Crippen molar-refractivity contribution in [1.82, 2.24) is 30.6 Å². The highest BCUT2D eigenvalue weighted by atomic mass is 16.5. The maximum Gasteiger partial charge on any atom is 0.232 e. The topological polar surface area (TPSA) is 124 Å². The molecule has 2 aromatic carbocycles. The molecule has 0 amide bonds. The second-order valence-electron chi connectivity index (χ2n) is 9.38. The summed E-state index contributed by atoms with van der Waals surface area (Å²) in [7, 11) is 1.67. The van der Waals surface area contributed by atoms with Gasteiger partial charge in [0.05, 0.1) is 25.2 Å². The summed E-state index contributed by atoms with van der Waals surface area (Å²) in [4.78, 5) is 9.17. The summed E-state index contributed by atoms with van der Waals surface area (Å²) < 4.78 is 17.9. The van der Waals surface area contributed by atoms with Crippen LogP contribution in [0.15, 0.2) is 65.3 Å². The van der Waals surface area contributed by atoms with Crippen LogP contribution in [0.5, 0.6) is 5.75 Å². The number of furan rings is 1. The highest BCUT2D eigenvalue weighted by molar-refractivity contribution is 6.05. The number of nitrogens with one attached hydrogen (secondary N) is 2. The minimum absolute atomic E-state index is 0.163. The Hall–Kier alpha value is -4.31. The molecule has 0 aliphatic heterocycles. The molecule has 0 saturated heterocycles. The second kappa shape index (κ2) is 11.0. The molecule has 1 aliphatic carbocycles. The van der Waals surface area contributed by atoms with Gasteiger partial charge in [0.1, 0.15) is 23.7 Å². The largest absolute Gasteiger partial charge is 0.497 e. The lowest BCUT2D eigenvalue weighted by Crippen LogP contribution is -2.32. The van der Waals surface area contributed by atoms with Crippen LogP contribution in [0, 0.1) is 0 Å². The van der Waals surface area contributed by atoms with E-state index >= 15 is 0 Å². The molecule has 3 heterocycles. The first-order valence-electron chi connectivity index (χ1n) is 12.9. The summed E-state index contributed by atoms with van der Waals surface area (Å²) in [5, 5.41) is 18.6. The van der Waals surface area contributed by atoms with E-state index in [-0.39, 0.29) is 12.1 Å². The Labute approximate surface area is 219 Å². The summed E-state index contributed by atoms with van der Waals surface area (Å²) in [6.07, 6.45) is 6.39. The number of methoxy groups -OCH3 is 1. The van der Waals surface area contributed by atoms with Gasteiger partial charge in [0.25, 0.3) is 0 Å². The first-order valence-corrected chi connectivity index (χ1v) is 12.9. The van der Waals surface area contributed by atoms with E-state index in [1.165, 1.54) is 0 Å². The second-order valence-corrected chi connectivity index (χ2v) is 9.38. The Morgan fingerprint density at radius 1 is 1.03 bits per heavy atom. The van der Waals surface area contributed by atoms with Crippen molar-refractivity contribution in [3.63, 3.8) is 0 Å². The lowest BCUT2D eigenvalue weighted by Gasteiger charge is -2.30. The van der Waals surface area contributed by atoms with Gasteiger partial charge in [0.15, 0.2) is 5.82 Å². The molecule has 1 aliphatic rings. The van der Waals surface area contributed by atoms with E-state index in [4.69, 9.17) is 13.9 Å². The van der Waals surface area contributed by atoms with Crippen molar-refractivity contribution in [3.8, 4) is 28.2 Å². The molecule has 194 valence electrons. The highest BCUT2D eigenvalue weighted by Gasteiger charge is 2.26. The number of tetrazole rings is 1. The van der Waals surface area contributed by atoms with Gasteiger partial charge in [-0.1, -0.05) is 47.7 Å². The van der Waals surface area contributed by atoms with Gasteiger partial charge in [-0.2, -0.15) is 5.21 Å². The molecule has 5 aromatic rings. The van der Waals surface area contributed by atoms with Crippen LogP contribution in [-0.4, -0.2) is 56.5 Å². The number of nitrogens with zero attached hydrogens (tertiary/aromatic N) is 5. The molecule has 6 rings (SSSR count). The Kier molecular flexibility index (Phi) is 6.95. The molecule has 1 saturated carbocycles. The number of H-pyrrole nitrogens is 1. The monoisotopic (exact) mass is 511 g/mol. The number of rotatable bonds is 9. The van der Waals surface area contributed by atoms with Crippen molar-refractivity contribution in [2.75, 3.05) is 19.0 Å². The van der Waals surface area contributed by atoms with E-state index < -0.39 is 0 Å². The fraction of sp³-hybridized carbons (Fsp3) is 0.321. The van der Waals surface area contributed by atoms with E-state index in [9.17, 15) is 0 Å². The average molecular weight is 512 g/mol. The third-order valence-corrected chi connectivity index (χ3v) is 6.94. The highest BCUT2D eigenvalue weighted by Crippen LogP contribution is 2.43. The molecule has 10 heteroatoms. The maximum atomic E-state index is 6.37. The standard InChI is InChI=1S/C28H29N7O3/c1-36-21-12-10-18(11-13-21)24-25-27(29-17-30-28(25)38-26(24)19-6-3-2-4-7-19)31-20-8-5-9-22(16-20)37-15-14-23-32-34-35-33-23/h2-4,6-7,10-13,17,20,22H,5,8-9,14-16H2,1H3,(H,29,30,31)(H,32,33,34,35)/t20?,22-/m0/s1. The summed E-state index contributed by atoms with van der Waals surface area (Å²) in [6.45, 7) is 0.568. The van der Waals surface area contributed by atoms with Crippen LogP contribution < -0.4 is 10.1 Å². The average Bonchev–Trinajstić information content (AvgIpc) is 3.63. The summed E-state index contributed by atoms with van der Waals surface area (Å²) in [5.74, 6) is 2.99. The molecule has 1 unspecified atom stereocenters. The van der Waals surface area contributed by atoms with E-state index in [2.05, 4.69) is 35.9 Å². The maximum absolute atomic E-state index is 6.37. The van der Waals surface area contributed by atoms with Crippen LogP contribution in [0.25, 0.3) is 33.6 Å².